The number of ether oxygens (including phenoxy) is 1. The average molecular weight is 387 g/mol. The molecule has 4 saturated carbocycles. The molecular weight excluding hydrogens is 362 g/mol. The molecule has 1 aromatic rings. The molecule has 3 amide bonds. The van der Waals surface area contributed by atoms with Crippen LogP contribution in [-0.2, 0) is 9.53 Å². The lowest BCUT2D eigenvalue weighted by molar-refractivity contribution is -0.123. The first-order valence-corrected chi connectivity index (χ1v) is 9.80. The summed E-state index contributed by atoms with van der Waals surface area (Å²) >= 11 is 0. The van der Waals surface area contributed by atoms with E-state index < -0.39 is 24.5 Å². The molecule has 28 heavy (non-hydrogen) atoms. The first kappa shape index (κ1) is 18.7. The molecule has 0 radical (unpaired) electrons. The van der Waals surface area contributed by atoms with Gasteiger partial charge in [0.25, 0.3) is 5.91 Å². The first-order chi connectivity index (χ1) is 13.3. The number of H-pyrrole nitrogens is 1. The smallest absolute Gasteiger partial charge is 0.355 e. The summed E-state index contributed by atoms with van der Waals surface area (Å²) in [6, 6.07) is 0.837. The third-order valence-electron chi connectivity index (χ3n) is 6.31. The fraction of sp³-hybridized carbons (Fsp3) is 0.600. The normalized spacial score (nSPS) is 30.0. The SMILES string of the molecule is CC(=O)c1c[nH]c(C(=O)OCC(=O)NC(=O)NC23CC4CC(CC(C4)C2)C3)c1. The van der Waals surface area contributed by atoms with Crippen molar-refractivity contribution < 1.29 is 23.9 Å². The molecule has 0 aromatic carbocycles. The molecular formula is C20H25N3O5. The number of amides is 3. The van der Waals surface area contributed by atoms with Crippen LogP contribution < -0.4 is 10.6 Å². The molecule has 4 aliphatic rings. The number of aromatic amines is 1. The highest BCUT2D eigenvalue weighted by atomic mass is 16.5. The van der Waals surface area contributed by atoms with E-state index in [4.69, 9.17) is 4.74 Å². The number of ketones is 1. The fourth-order valence-electron chi connectivity index (χ4n) is 5.62. The van der Waals surface area contributed by atoms with Gasteiger partial charge in [-0.25, -0.2) is 9.59 Å². The van der Waals surface area contributed by atoms with E-state index in [1.54, 1.807) is 0 Å². The van der Waals surface area contributed by atoms with Crippen LogP contribution in [0.1, 0.15) is 66.3 Å². The van der Waals surface area contributed by atoms with Crippen molar-refractivity contribution >= 4 is 23.7 Å². The minimum absolute atomic E-state index is 0.0796. The van der Waals surface area contributed by atoms with Gasteiger partial charge in [0.1, 0.15) is 5.69 Å². The molecule has 4 bridgehead atoms. The average Bonchev–Trinajstić information content (AvgIpc) is 3.08. The monoisotopic (exact) mass is 387 g/mol. The Morgan fingerprint density at radius 3 is 2.25 bits per heavy atom. The minimum atomic E-state index is -0.760. The van der Waals surface area contributed by atoms with Crippen molar-refractivity contribution in [1.82, 2.24) is 15.6 Å². The Kier molecular flexibility index (Phi) is 4.72. The highest BCUT2D eigenvalue weighted by Crippen LogP contribution is 2.55. The van der Waals surface area contributed by atoms with E-state index in [0.717, 1.165) is 19.3 Å². The number of esters is 1. The largest absolute Gasteiger partial charge is 0.451 e. The van der Waals surface area contributed by atoms with Gasteiger partial charge < -0.3 is 15.0 Å². The van der Waals surface area contributed by atoms with Crippen LogP contribution in [0.25, 0.3) is 0 Å². The molecule has 0 unspecified atom stereocenters. The predicted octanol–water partition coefficient (Wildman–Crippen LogP) is 2.17. The number of Topliss-reactive ketones (excluding diaryl/α,β-unsaturated/α-hetero) is 1. The molecule has 0 aliphatic heterocycles. The summed E-state index contributed by atoms with van der Waals surface area (Å²) in [5.74, 6) is 0.421. The van der Waals surface area contributed by atoms with E-state index in [2.05, 4.69) is 15.6 Å². The van der Waals surface area contributed by atoms with Crippen LogP contribution in [0.4, 0.5) is 4.79 Å². The van der Waals surface area contributed by atoms with Crippen LogP contribution >= 0.6 is 0 Å². The third kappa shape index (κ3) is 3.81. The van der Waals surface area contributed by atoms with Gasteiger partial charge in [0.15, 0.2) is 12.4 Å². The van der Waals surface area contributed by atoms with Crippen LogP contribution in [0.15, 0.2) is 12.3 Å². The lowest BCUT2D eigenvalue weighted by Gasteiger charge is -2.56. The van der Waals surface area contributed by atoms with Gasteiger partial charge in [-0.1, -0.05) is 0 Å². The maximum absolute atomic E-state index is 12.3. The van der Waals surface area contributed by atoms with Crippen LogP contribution in [0.2, 0.25) is 0 Å². The number of rotatable bonds is 5. The maximum Gasteiger partial charge on any atom is 0.355 e. The second-order valence-electron chi connectivity index (χ2n) is 8.63. The Balaban J connectivity index is 1.25. The van der Waals surface area contributed by atoms with E-state index in [-0.39, 0.29) is 17.0 Å². The summed E-state index contributed by atoms with van der Waals surface area (Å²) < 4.78 is 4.90. The maximum atomic E-state index is 12.3. The molecule has 1 heterocycles. The van der Waals surface area contributed by atoms with Gasteiger partial charge in [-0.3, -0.25) is 14.9 Å². The number of urea groups is 1. The number of carbonyl (C=O) groups is 4. The zero-order valence-electron chi connectivity index (χ0n) is 15.9. The van der Waals surface area contributed by atoms with E-state index >= 15 is 0 Å². The summed E-state index contributed by atoms with van der Waals surface area (Å²) in [6.45, 7) is 0.815. The van der Waals surface area contributed by atoms with Crippen molar-refractivity contribution in [2.45, 2.75) is 51.0 Å². The number of aromatic nitrogens is 1. The molecule has 5 rings (SSSR count). The Labute approximate surface area is 162 Å². The number of carbonyl (C=O) groups excluding carboxylic acids is 4. The van der Waals surface area contributed by atoms with E-state index in [9.17, 15) is 19.2 Å². The van der Waals surface area contributed by atoms with E-state index in [1.807, 2.05) is 0 Å². The topological polar surface area (TPSA) is 117 Å². The molecule has 4 aliphatic carbocycles. The van der Waals surface area contributed by atoms with Gasteiger partial charge >= 0.3 is 12.0 Å². The zero-order chi connectivity index (χ0) is 19.9. The van der Waals surface area contributed by atoms with Gasteiger partial charge in [0.2, 0.25) is 0 Å². The van der Waals surface area contributed by atoms with Crippen LogP contribution in [0, 0.1) is 17.8 Å². The molecule has 8 nitrogen and oxygen atoms in total. The van der Waals surface area contributed by atoms with Crippen LogP contribution in [-0.4, -0.2) is 40.8 Å². The Morgan fingerprint density at radius 2 is 1.71 bits per heavy atom. The van der Waals surface area contributed by atoms with Gasteiger partial charge in [0, 0.05) is 17.3 Å². The number of nitrogens with one attached hydrogen (secondary N) is 3. The molecule has 8 heteroatoms. The Morgan fingerprint density at radius 1 is 1.11 bits per heavy atom. The molecule has 0 spiro atoms. The summed E-state index contributed by atoms with van der Waals surface area (Å²) in [5.41, 5.74) is 0.241. The summed E-state index contributed by atoms with van der Waals surface area (Å²) in [5, 5.41) is 5.29. The van der Waals surface area contributed by atoms with Crippen molar-refractivity contribution in [1.29, 1.82) is 0 Å². The summed E-state index contributed by atoms with van der Waals surface area (Å²) in [4.78, 5) is 50.1. The lowest BCUT2D eigenvalue weighted by atomic mass is 9.53. The molecule has 150 valence electrons. The molecule has 4 fully saturated rings. The highest BCUT2D eigenvalue weighted by Gasteiger charge is 2.51. The molecule has 1 aromatic heterocycles. The number of hydrogen-bond acceptors (Lipinski definition) is 5. The zero-order valence-corrected chi connectivity index (χ0v) is 15.9. The standard InChI is InChI=1S/C20H25N3O5/c1-11(24)15-5-16(21-9-15)18(26)28-10-17(25)22-19(27)23-20-6-12-2-13(7-20)4-14(3-12)8-20/h5,9,12-14,21H,2-4,6-8,10H2,1H3,(H2,22,23,25,27). The Hall–Kier alpha value is -2.64. The second-order valence-corrected chi connectivity index (χ2v) is 8.63. The van der Waals surface area contributed by atoms with Gasteiger partial charge in [0.05, 0.1) is 0 Å². The number of hydrogen-bond donors (Lipinski definition) is 3. The third-order valence-corrected chi connectivity index (χ3v) is 6.31. The summed E-state index contributed by atoms with van der Waals surface area (Å²) in [7, 11) is 0. The molecule has 3 N–H and O–H groups in total. The summed E-state index contributed by atoms with van der Waals surface area (Å²) in [6.07, 6.45) is 8.16. The lowest BCUT2D eigenvalue weighted by Crippen LogP contribution is -2.62. The fourth-order valence-corrected chi connectivity index (χ4v) is 5.62. The quantitative estimate of drug-likeness (QED) is 0.529. The van der Waals surface area contributed by atoms with E-state index in [0.29, 0.717) is 23.3 Å². The highest BCUT2D eigenvalue weighted by molar-refractivity contribution is 5.99. The molecule has 0 atom stereocenters. The van der Waals surface area contributed by atoms with Crippen molar-refractivity contribution in [3.63, 3.8) is 0 Å². The van der Waals surface area contributed by atoms with Gasteiger partial charge in [-0.2, -0.15) is 0 Å². The predicted molar refractivity (Wildman–Crippen MR) is 98.7 cm³/mol. The van der Waals surface area contributed by atoms with E-state index in [1.165, 1.54) is 38.4 Å². The van der Waals surface area contributed by atoms with Crippen molar-refractivity contribution in [3.05, 3.63) is 23.5 Å². The van der Waals surface area contributed by atoms with Crippen LogP contribution in [0.5, 0.6) is 0 Å². The minimum Gasteiger partial charge on any atom is -0.451 e. The first-order valence-electron chi connectivity index (χ1n) is 9.80. The number of imide groups is 1. The van der Waals surface area contributed by atoms with Gasteiger partial charge in [-0.05, 0) is 69.3 Å². The van der Waals surface area contributed by atoms with Gasteiger partial charge in [-0.15, -0.1) is 0 Å². The van der Waals surface area contributed by atoms with Crippen molar-refractivity contribution in [2.24, 2.45) is 17.8 Å². The second kappa shape index (κ2) is 7.07. The Bertz CT molecular complexity index is 792. The molecule has 0 saturated heterocycles. The van der Waals surface area contributed by atoms with Crippen molar-refractivity contribution in [3.8, 4) is 0 Å². The van der Waals surface area contributed by atoms with Crippen LogP contribution in [0.3, 0.4) is 0 Å². The van der Waals surface area contributed by atoms with Crippen molar-refractivity contribution in [2.75, 3.05) is 6.61 Å².